The van der Waals surface area contributed by atoms with Gasteiger partial charge >= 0.3 is 0 Å². The third-order valence-electron chi connectivity index (χ3n) is 2.55. The minimum absolute atomic E-state index is 0.0483. The van der Waals surface area contributed by atoms with E-state index in [2.05, 4.69) is 79.9 Å². The first kappa shape index (κ1) is 15.5. The summed E-state index contributed by atoms with van der Waals surface area (Å²) in [5.41, 5.74) is 1.31. The third kappa shape index (κ3) is 6.38. The van der Waals surface area contributed by atoms with Gasteiger partial charge in [0.1, 0.15) is 0 Å². The van der Waals surface area contributed by atoms with Crippen LogP contribution in [0.3, 0.4) is 0 Å². The lowest BCUT2D eigenvalue weighted by Crippen LogP contribution is -2.36. The molecule has 0 spiro atoms. The second-order valence-electron chi connectivity index (χ2n) is 6.04. The fourth-order valence-corrected chi connectivity index (χ4v) is 2.19. The number of carbonyl (C=O) groups excluding carboxylic acids is 1. The van der Waals surface area contributed by atoms with Crippen molar-refractivity contribution in [2.24, 2.45) is 5.41 Å². The second-order valence-corrected chi connectivity index (χ2v) is 7.28. The highest BCUT2D eigenvalue weighted by Gasteiger charge is 2.17. The summed E-state index contributed by atoms with van der Waals surface area (Å²) in [6, 6.07) is 8.61. The zero-order valence-electron chi connectivity index (χ0n) is 11.6. The van der Waals surface area contributed by atoms with Crippen molar-refractivity contribution in [1.29, 1.82) is 0 Å². The van der Waals surface area contributed by atoms with Crippen molar-refractivity contribution in [3.63, 3.8) is 0 Å². The van der Waals surface area contributed by atoms with Crippen molar-refractivity contribution in [3.8, 4) is 0 Å². The van der Waals surface area contributed by atoms with Crippen LogP contribution >= 0.6 is 22.6 Å². The number of hydrogen-bond acceptors (Lipinski definition) is 1. The Bertz CT molecular complexity index is 392. The molecule has 0 saturated heterocycles. The monoisotopic (exact) mass is 359 g/mol. The molecule has 0 heterocycles. The summed E-state index contributed by atoms with van der Waals surface area (Å²) in [7, 11) is 0. The van der Waals surface area contributed by atoms with Crippen LogP contribution in [0.2, 0.25) is 0 Å². The third-order valence-corrected chi connectivity index (χ3v) is 3.27. The minimum Gasteiger partial charge on any atom is -0.353 e. The van der Waals surface area contributed by atoms with Gasteiger partial charge in [0.25, 0.3) is 0 Å². The number of hydrogen-bond donors (Lipinski definition) is 1. The van der Waals surface area contributed by atoms with Crippen LogP contribution in [0.25, 0.3) is 0 Å². The van der Waals surface area contributed by atoms with Crippen LogP contribution in [0.4, 0.5) is 0 Å². The molecule has 0 saturated carbocycles. The number of rotatable bonds is 4. The lowest BCUT2D eigenvalue weighted by atomic mass is 9.92. The summed E-state index contributed by atoms with van der Waals surface area (Å²) in [5.74, 6) is 0.139. The van der Waals surface area contributed by atoms with Crippen molar-refractivity contribution in [1.82, 2.24) is 5.32 Å². The fraction of sp³-hybridized carbons (Fsp3) is 0.533. The Morgan fingerprint density at radius 3 is 2.33 bits per heavy atom. The lowest BCUT2D eigenvalue weighted by Gasteiger charge is -2.20. The van der Waals surface area contributed by atoms with E-state index in [9.17, 15) is 4.79 Å². The number of amides is 1. The molecule has 1 N–H and O–H groups in total. The van der Waals surface area contributed by atoms with E-state index in [4.69, 9.17) is 0 Å². The Morgan fingerprint density at radius 2 is 1.83 bits per heavy atom. The minimum atomic E-state index is 0.0483. The van der Waals surface area contributed by atoms with Crippen LogP contribution in [0.5, 0.6) is 0 Å². The summed E-state index contributed by atoms with van der Waals surface area (Å²) in [6.07, 6.45) is 1.46. The largest absolute Gasteiger partial charge is 0.353 e. The van der Waals surface area contributed by atoms with Crippen molar-refractivity contribution < 1.29 is 4.79 Å². The highest BCUT2D eigenvalue weighted by atomic mass is 127. The molecule has 0 aliphatic rings. The molecule has 0 radical (unpaired) electrons. The van der Waals surface area contributed by atoms with E-state index in [1.807, 2.05) is 0 Å². The van der Waals surface area contributed by atoms with Gasteiger partial charge in [-0.15, -0.1) is 0 Å². The van der Waals surface area contributed by atoms with Gasteiger partial charge in [0.05, 0.1) is 0 Å². The van der Waals surface area contributed by atoms with Crippen molar-refractivity contribution in [2.45, 2.75) is 46.6 Å². The van der Waals surface area contributed by atoms with Gasteiger partial charge < -0.3 is 5.32 Å². The summed E-state index contributed by atoms with van der Waals surface area (Å²) in [4.78, 5) is 11.8. The van der Waals surface area contributed by atoms with Gasteiger partial charge in [-0.2, -0.15) is 0 Å². The first-order valence-electron chi connectivity index (χ1n) is 6.30. The van der Waals surface area contributed by atoms with E-state index < -0.39 is 0 Å². The van der Waals surface area contributed by atoms with Crippen molar-refractivity contribution in [3.05, 3.63) is 33.4 Å². The van der Waals surface area contributed by atoms with E-state index in [1.165, 1.54) is 9.13 Å². The van der Waals surface area contributed by atoms with E-state index in [-0.39, 0.29) is 17.4 Å². The maximum atomic E-state index is 11.8. The quantitative estimate of drug-likeness (QED) is 0.815. The van der Waals surface area contributed by atoms with Crippen LogP contribution in [-0.2, 0) is 11.2 Å². The standard InChI is InChI=1S/C15H22INO/c1-11(17-14(18)10-15(2,3)4)9-12-5-7-13(16)8-6-12/h5-8,11H,9-10H2,1-4H3,(H,17,18). The predicted molar refractivity (Wildman–Crippen MR) is 84.5 cm³/mol. The summed E-state index contributed by atoms with van der Waals surface area (Å²) < 4.78 is 1.24. The van der Waals surface area contributed by atoms with Gasteiger partial charge in [0, 0.05) is 16.0 Å². The fourth-order valence-electron chi connectivity index (χ4n) is 1.83. The molecular formula is C15H22INO. The maximum absolute atomic E-state index is 11.8. The first-order chi connectivity index (χ1) is 8.26. The SMILES string of the molecule is CC(Cc1ccc(I)cc1)NC(=O)CC(C)(C)C. The molecular weight excluding hydrogens is 337 g/mol. The molecule has 3 heteroatoms. The van der Waals surface area contributed by atoms with Crippen LogP contribution < -0.4 is 5.32 Å². The van der Waals surface area contributed by atoms with E-state index in [0.29, 0.717) is 6.42 Å². The maximum Gasteiger partial charge on any atom is 0.220 e. The van der Waals surface area contributed by atoms with E-state index >= 15 is 0 Å². The molecule has 0 bridgehead atoms. The molecule has 1 unspecified atom stereocenters. The molecule has 2 nitrogen and oxygen atoms in total. The zero-order valence-corrected chi connectivity index (χ0v) is 13.7. The van der Waals surface area contributed by atoms with Gasteiger partial charge in [0.2, 0.25) is 5.91 Å². The molecule has 1 aromatic rings. The van der Waals surface area contributed by atoms with Crippen LogP contribution in [-0.4, -0.2) is 11.9 Å². The molecule has 1 atom stereocenters. The molecule has 0 aliphatic carbocycles. The molecule has 0 aliphatic heterocycles. The number of halogens is 1. The molecule has 18 heavy (non-hydrogen) atoms. The Balaban J connectivity index is 2.44. The smallest absolute Gasteiger partial charge is 0.220 e. The molecule has 0 aromatic heterocycles. The Hall–Kier alpha value is -0.580. The Morgan fingerprint density at radius 1 is 1.28 bits per heavy atom. The topological polar surface area (TPSA) is 29.1 Å². The highest BCUT2D eigenvalue weighted by molar-refractivity contribution is 14.1. The molecule has 100 valence electrons. The lowest BCUT2D eigenvalue weighted by molar-refractivity contribution is -0.123. The number of carbonyl (C=O) groups is 1. The molecule has 1 amide bonds. The normalized spacial score (nSPS) is 13.2. The van der Waals surface area contributed by atoms with Crippen molar-refractivity contribution >= 4 is 28.5 Å². The van der Waals surface area contributed by atoms with Gasteiger partial charge in [-0.05, 0) is 59.0 Å². The molecule has 1 aromatic carbocycles. The summed E-state index contributed by atoms with van der Waals surface area (Å²) >= 11 is 2.30. The molecule has 0 fully saturated rings. The first-order valence-corrected chi connectivity index (χ1v) is 7.38. The predicted octanol–water partition coefficient (Wildman–Crippen LogP) is 3.77. The Labute approximate surface area is 124 Å². The summed E-state index contributed by atoms with van der Waals surface area (Å²) in [5, 5.41) is 3.06. The summed E-state index contributed by atoms with van der Waals surface area (Å²) in [6.45, 7) is 8.29. The van der Waals surface area contributed by atoms with Crippen LogP contribution in [0.15, 0.2) is 24.3 Å². The second kappa shape index (κ2) is 6.55. The zero-order chi connectivity index (χ0) is 13.8. The van der Waals surface area contributed by atoms with Gasteiger partial charge in [-0.25, -0.2) is 0 Å². The van der Waals surface area contributed by atoms with E-state index in [1.54, 1.807) is 0 Å². The van der Waals surface area contributed by atoms with Gasteiger partial charge in [-0.1, -0.05) is 32.9 Å². The van der Waals surface area contributed by atoms with Crippen LogP contribution in [0, 0.1) is 8.99 Å². The average Bonchev–Trinajstić information content (AvgIpc) is 2.18. The van der Waals surface area contributed by atoms with Gasteiger partial charge in [-0.3, -0.25) is 4.79 Å². The average molecular weight is 359 g/mol. The van der Waals surface area contributed by atoms with Gasteiger partial charge in [0.15, 0.2) is 0 Å². The van der Waals surface area contributed by atoms with Crippen molar-refractivity contribution in [2.75, 3.05) is 0 Å². The highest BCUT2D eigenvalue weighted by Crippen LogP contribution is 2.18. The molecule has 1 rings (SSSR count). The van der Waals surface area contributed by atoms with Crippen LogP contribution in [0.1, 0.15) is 39.7 Å². The number of benzene rings is 1. The van der Waals surface area contributed by atoms with E-state index in [0.717, 1.165) is 6.42 Å². The number of nitrogens with one attached hydrogen (secondary N) is 1. The Kier molecular flexibility index (Phi) is 5.63.